The Bertz CT molecular complexity index is 429. The van der Waals surface area contributed by atoms with Gasteiger partial charge in [-0.15, -0.1) is 11.6 Å². The van der Waals surface area contributed by atoms with Crippen molar-refractivity contribution in [3.8, 4) is 0 Å². The molecule has 0 bridgehead atoms. The summed E-state index contributed by atoms with van der Waals surface area (Å²) in [6.45, 7) is 0. The van der Waals surface area contributed by atoms with E-state index in [4.69, 9.17) is 11.6 Å². The standard InChI is InChI=1S/C11H10ClNO3/c12-6-2-1-3-9-4-5-10(8-14)11(7-9)13(15)16/h1,3-5,7-8H,2,6H2. The van der Waals surface area contributed by atoms with Crippen LogP contribution in [0.1, 0.15) is 22.3 Å². The second-order valence-corrected chi connectivity index (χ2v) is 3.45. The Morgan fingerprint density at radius 1 is 1.44 bits per heavy atom. The Morgan fingerprint density at radius 2 is 2.19 bits per heavy atom. The fourth-order valence-corrected chi connectivity index (χ4v) is 1.33. The average Bonchev–Trinajstić information content (AvgIpc) is 2.29. The quantitative estimate of drug-likeness (QED) is 0.343. The van der Waals surface area contributed by atoms with E-state index in [1.807, 2.05) is 6.08 Å². The van der Waals surface area contributed by atoms with Crippen LogP contribution < -0.4 is 0 Å². The van der Waals surface area contributed by atoms with Crippen LogP contribution in [0.3, 0.4) is 0 Å². The van der Waals surface area contributed by atoms with Gasteiger partial charge in [-0.1, -0.05) is 18.2 Å². The molecule has 0 aromatic heterocycles. The van der Waals surface area contributed by atoms with Crippen molar-refractivity contribution < 1.29 is 9.72 Å². The molecular formula is C11H10ClNO3. The lowest BCUT2D eigenvalue weighted by Gasteiger charge is -1.97. The number of benzene rings is 1. The minimum atomic E-state index is -0.567. The summed E-state index contributed by atoms with van der Waals surface area (Å²) >= 11 is 5.49. The van der Waals surface area contributed by atoms with Gasteiger partial charge in [-0.05, 0) is 18.1 Å². The molecule has 1 aromatic rings. The molecule has 1 aromatic carbocycles. The van der Waals surface area contributed by atoms with Gasteiger partial charge in [-0.3, -0.25) is 14.9 Å². The summed E-state index contributed by atoms with van der Waals surface area (Å²) in [6.07, 6.45) is 4.74. The van der Waals surface area contributed by atoms with E-state index in [-0.39, 0.29) is 11.3 Å². The van der Waals surface area contributed by atoms with Gasteiger partial charge in [-0.2, -0.15) is 0 Å². The number of allylic oxidation sites excluding steroid dienone is 1. The smallest absolute Gasteiger partial charge is 0.280 e. The zero-order chi connectivity index (χ0) is 12.0. The van der Waals surface area contributed by atoms with E-state index in [2.05, 4.69) is 0 Å². The van der Waals surface area contributed by atoms with Crippen LogP contribution in [-0.4, -0.2) is 17.1 Å². The van der Waals surface area contributed by atoms with Crippen molar-refractivity contribution in [3.05, 3.63) is 45.5 Å². The molecule has 0 unspecified atom stereocenters. The Labute approximate surface area is 97.7 Å². The molecule has 0 aliphatic heterocycles. The summed E-state index contributed by atoms with van der Waals surface area (Å²) in [4.78, 5) is 20.7. The second-order valence-electron chi connectivity index (χ2n) is 3.07. The van der Waals surface area contributed by atoms with Crippen LogP contribution in [0.25, 0.3) is 6.08 Å². The van der Waals surface area contributed by atoms with Crippen LogP contribution in [0.4, 0.5) is 5.69 Å². The van der Waals surface area contributed by atoms with E-state index in [0.29, 0.717) is 24.2 Å². The third-order valence-electron chi connectivity index (χ3n) is 1.96. The van der Waals surface area contributed by atoms with Crippen LogP contribution in [0.5, 0.6) is 0 Å². The number of alkyl halides is 1. The average molecular weight is 240 g/mol. The van der Waals surface area contributed by atoms with Gasteiger partial charge < -0.3 is 0 Å². The summed E-state index contributed by atoms with van der Waals surface area (Å²) in [7, 11) is 0. The number of hydrogen-bond donors (Lipinski definition) is 0. The van der Waals surface area contributed by atoms with Gasteiger partial charge in [-0.25, -0.2) is 0 Å². The normalized spacial score (nSPS) is 10.6. The van der Waals surface area contributed by atoms with E-state index < -0.39 is 4.92 Å². The Kier molecular flexibility index (Phi) is 4.66. The van der Waals surface area contributed by atoms with E-state index in [0.717, 1.165) is 0 Å². The van der Waals surface area contributed by atoms with E-state index in [9.17, 15) is 14.9 Å². The third-order valence-corrected chi connectivity index (χ3v) is 2.18. The molecule has 84 valence electrons. The first-order chi connectivity index (χ1) is 7.69. The summed E-state index contributed by atoms with van der Waals surface area (Å²) in [5, 5.41) is 10.7. The minimum absolute atomic E-state index is 0.0829. The number of carbonyl (C=O) groups is 1. The van der Waals surface area contributed by atoms with E-state index in [1.54, 1.807) is 12.1 Å². The molecule has 0 fully saturated rings. The summed E-state index contributed by atoms with van der Waals surface area (Å²) in [5.74, 6) is 0.505. The fourth-order valence-electron chi connectivity index (χ4n) is 1.20. The molecule has 0 spiro atoms. The number of nitro groups is 1. The highest BCUT2D eigenvalue weighted by molar-refractivity contribution is 6.17. The summed E-state index contributed by atoms with van der Waals surface area (Å²) < 4.78 is 0. The molecule has 0 aliphatic rings. The largest absolute Gasteiger partial charge is 0.298 e. The number of aldehydes is 1. The molecule has 0 amide bonds. The molecule has 0 saturated carbocycles. The van der Waals surface area contributed by atoms with Crippen LogP contribution >= 0.6 is 11.6 Å². The van der Waals surface area contributed by atoms with Crippen LogP contribution in [0.15, 0.2) is 24.3 Å². The lowest BCUT2D eigenvalue weighted by Crippen LogP contribution is -1.94. The monoisotopic (exact) mass is 239 g/mol. The molecule has 5 heteroatoms. The zero-order valence-electron chi connectivity index (χ0n) is 8.43. The van der Waals surface area contributed by atoms with Gasteiger partial charge in [0.25, 0.3) is 5.69 Å². The lowest BCUT2D eigenvalue weighted by molar-refractivity contribution is -0.385. The van der Waals surface area contributed by atoms with Gasteiger partial charge in [0, 0.05) is 11.9 Å². The highest BCUT2D eigenvalue weighted by Crippen LogP contribution is 2.19. The van der Waals surface area contributed by atoms with Crippen LogP contribution in [0.2, 0.25) is 0 Å². The van der Waals surface area contributed by atoms with Crippen LogP contribution in [0, 0.1) is 10.1 Å². The molecular weight excluding hydrogens is 230 g/mol. The summed E-state index contributed by atoms with van der Waals surface area (Å²) in [6, 6.07) is 4.46. The van der Waals surface area contributed by atoms with Crippen molar-refractivity contribution in [1.29, 1.82) is 0 Å². The summed E-state index contributed by atoms with van der Waals surface area (Å²) in [5.41, 5.74) is 0.588. The molecule has 4 nitrogen and oxygen atoms in total. The molecule has 16 heavy (non-hydrogen) atoms. The van der Waals surface area contributed by atoms with Crippen molar-refractivity contribution in [2.75, 3.05) is 5.88 Å². The first-order valence-electron chi connectivity index (χ1n) is 4.65. The number of nitro benzene ring substituents is 1. The number of nitrogens with zero attached hydrogens (tertiary/aromatic N) is 1. The Hall–Kier alpha value is -1.68. The maximum Gasteiger partial charge on any atom is 0.280 e. The Morgan fingerprint density at radius 3 is 2.75 bits per heavy atom. The van der Waals surface area contributed by atoms with E-state index in [1.165, 1.54) is 12.1 Å². The van der Waals surface area contributed by atoms with E-state index >= 15 is 0 Å². The maximum atomic E-state index is 10.7. The van der Waals surface area contributed by atoms with Crippen molar-refractivity contribution >= 4 is 29.7 Å². The second kappa shape index (κ2) is 6.02. The highest BCUT2D eigenvalue weighted by Gasteiger charge is 2.12. The molecule has 0 atom stereocenters. The minimum Gasteiger partial charge on any atom is -0.298 e. The van der Waals surface area contributed by atoms with Gasteiger partial charge in [0.15, 0.2) is 6.29 Å². The van der Waals surface area contributed by atoms with Crippen molar-refractivity contribution in [2.24, 2.45) is 0 Å². The van der Waals surface area contributed by atoms with Gasteiger partial charge in [0.1, 0.15) is 0 Å². The molecule has 0 aliphatic carbocycles. The fraction of sp³-hybridized carbons (Fsp3) is 0.182. The number of rotatable bonds is 5. The van der Waals surface area contributed by atoms with Crippen molar-refractivity contribution in [2.45, 2.75) is 6.42 Å². The predicted octanol–water partition coefficient (Wildman–Crippen LogP) is 3.05. The number of halogens is 1. The third kappa shape index (κ3) is 3.17. The van der Waals surface area contributed by atoms with Gasteiger partial charge >= 0.3 is 0 Å². The molecule has 0 saturated heterocycles. The highest BCUT2D eigenvalue weighted by atomic mass is 35.5. The number of hydrogen-bond acceptors (Lipinski definition) is 3. The molecule has 1 rings (SSSR count). The zero-order valence-corrected chi connectivity index (χ0v) is 9.18. The van der Waals surface area contributed by atoms with Gasteiger partial charge in [0.05, 0.1) is 10.5 Å². The first kappa shape index (κ1) is 12.4. The number of carbonyl (C=O) groups excluding carboxylic acids is 1. The molecule has 0 N–H and O–H groups in total. The topological polar surface area (TPSA) is 60.2 Å². The molecule has 0 radical (unpaired) electrons. The maximum absolute atomic E-state index is 10.7. The Balaban J connectivity index is 3.02. The molecule has 0 heterocycles. The van der Waals surface area contributed by atoms with Crippen LogP contribution in [-0.2, 0) is 0 Å². The van der Waals surface area contributed by atoms with Crippen molar-refractivity contribution in [1.82, 2.24) is 0 Å². The lowest BCUT2D eigenvalue weighted by atomic mass is 10.1. The predicted molar refractivity (Wildman–Crippen MR) is 62.9 cm³/mol. The first-order valence-corrected chi connectivity index (χ1v) is 5.18. The van der Waals surface area contributed by atoms with Gasteiger partial charge in [0.2, 0.25) is 0 Å². The van der Waals surface area contributed by atoms with Crippen molar-refractivity contribution in [3.63, 3.8) is 0 Å². The SMILES string of the molecule is O=Cc1ccc(C=CCCCl)cc1[N+](=O)[O-].